The molecule has 0 aliphatic carbocycles. The van der Waals surface area contributed by atoms with Gasteiger partial charge in [-0.3, -0.25) is 4.79 Å². The highest BCUT2D eigenvalue weighted by atomic mass is 32.2. The minimum atomic E-state index is -1.28. The van der Waals surface area contributed by atoms with Crippen LogP contribution in [0.4, 0.5) is 11.5 Å². The number of amides is 1. The topological polar surface area (TPSA) is 117 Å². The first-order valence-electron chi connectivity index (χ1n) is 17.2. The molecule has 5 rings (SSSR count). The van der Waals surface area contributed by atoms with E-state index in [4.69, 9.17) is 14.5 Å². The van der Waals surface area contributed by atoms with Gasteiger partial charge in [-0.05, 0) is 97.4 Å². The average molecular weight is 685 g/mol. The molecular formula is C38H48N6O4S. The normalized spacial score (nSPS) is 15.4. The predicted molar refractivity (Wildman–Crippen MR) is 196 cm³/mol. The number of rotatable bonds is 17. The van der Waals surface area contributed by atoms with Crippen LogP contribution in [0.5, 0.6) is 5.75 Å². The van der Waals surface area contributed by atoms with Gasteiger partial charge in [0.15, 0.2) is 16.5 Å². The lowest BCUT2D eigenvalue weighted by Gasteiger charge is -2.20. The van der Waals surface area contributed by atoms with Crippen molar-refractivity contribution in [1.29, 1.82) is 0 Å². The number of ether oxygens (including phenoxy) is 2. The van der Waals surface area contributed by atoms with Crippen molar-refractivity contribution in [3.05, 3.63) is 84.1 Å². The molecule has 4 aromatic rings. The summed E-state index contributed by atoms with van der Waals surface area (Å²) in [5.74, 6) is 3.02. The first-order chi connectivity index (χ1) is 23.8. The fraction of sp³-hybridized carbons (Fsp3) is 0.421. The lowest BCUT2D eigenvalue weighted by molar-refractivity contribution is -0.112. The molecule has 2 atom stereocenters. The highest BCUT2D eigenvalue weighted by Crippen LogP contribution is 2.31. The summed E-state index contributed by atoms with van der Waals surface area (Å²) in [5.41, 5.74) is 4.05. The second kappa shape index (κ2) is 18.0. The standard InChI is InChI=1S/C38H48N6O4S/c1-5-7-19-47-20-21-48-34-12-8-30(9-13-34)32-23-31(37(39-24-32)43-18-16-28(3)25-43)22-29(4)38(45)41-33-10-14-35(15-11-33)49(46)26-36-42-40-27-44(36)17-6-2/h8-15,22-24,27-28H,5-7,16-21,25-26H2,1-4H3,(H,41,45)/b29-22+. The van der Waals surface area contributed by atoms with Gasteiger partial charge in [0.25, 0.3) is 5.91 Å². The van der Waals surface area contributed by atoms with Crippen molar-refractivity contribution in [2.75, 3.05) is 43.1 Å². The number of aryl methyl sites for hydroxylation is 1. The molecule has 2 aromatic heterocycles. The molecule has 1 amide bonds. The third kappa shape index (κ3) is 10.2. The summed E-state index contributed by atoms with van der Waals surface area (Å²) in [6.45, 7) is 12.8. The Kier molecular flexibility index (Phi) is 13.3. The lowest BCUT2D eigenvalue weighted by atomic mass is 10.0. The van der Waals surface area contributed by atoms with Crippen LogP contribution in [0.2, 0.25) is 0 Å². The predicted octanol–water partition coefficient (Wildman–Crippen LogP) is 7.14. The first kappa shape index (κ1) is 36.1. The molecule has 0 radical (unpaired) electrons. The molecule has 1 aliphatic heterocycles. The zero-order valence-corrected chi connectivity index (χ0v) is 29.9. The highest BCUT2D eigenvalue weighted by molar-refractivity contribution is 7.90. The second-order valence-corrected chi connectivity index (χ2v) is 14.0. The summed E-state index contributed by atoms with van der Waals surface area (Å²) in [4.78, 5) is 21.2. The fourth-order valence-electron chi connectivity index (χ4n) is 5.68. The molecular weight excluding hydrogens is 637 g/mol. The number of hydrogen-bond donors (Lipinski definition) is 1. The number of nitrogens with zero attached hydrogens (tertiary/aromatic N) is 5. The molecule has 2 aromatic carbocycles. The Morgan fingerprint density at radius 3 is 2.57 bits per heavy atom. The van der Waals surface area contributed by atoms with Crippen LogP contribution in [0, 0.1) is 5.92 Å². The molecule has 0 bridgehead atoms. The van der Waals surface area contributed by atoms with Crippen LogP contribution in [0.15, 0.2) is 77.6 Å². The maximum Gasteiger partial charge on any atom is 0.251 e. The quantitative estimate of drug-likeness (QED) is 0.0709. The smallest absolute Gasteiger partial charge is 0.251 e. The zero-order valence-electron chi connectivity index (χ0n) is 29.1. The van der Waals surface area contributed by atoms with Gasteiger partial charge in [-0.15, -0.1) is 10.2 Å². The van der Waals surface area contributed by atoms with Gasteiger partial charge in [-0.25, -0.2) is 4.98 Å². The molecule has 49 heavy (non-hydrogen) atoms. The van der Waals surface area contributed by atoms with Crippen LogP contribution in [-0.4, -0.2) is 63.1 Å². The van der Waals surface area contributed by atoms with E-state index in [1.807, 2.05) is 48.0 Å². The Bertz CT molecular complexity index is 1670. The van der Waals surface area contributed by atoms with Crippen molar-refractivity contribution < 1.29 is 18.8 Å². The van der Waals surface area contributed by atoms with E-state index in [0.29, 0.717) is 41.1 Å². The van der Waals surface area contributed by atoms with Crippen LogP contribution in [0.25, 0.3) is 17.2 Å². The van der Waals surface area contributed by atoms with E-state index in [-0.39, 0.29) is 11.7 Å². The van der Waals surface area contributed by atoms with Gasteiger partial charge in [-0.1, -0.05) is 39.3 Å². The summed E-state index contributed by atoms with van der Waals surface area (Å²) < 4.78 is 26.4. The zero-order chi connectivity index (χ0) is 34.6. The van der Waals surface area contributed by atoms with Gasteiger partial charge in [0.2, 0.25) is 0 Å². The van der Waals surface area contributed by atoms with E-state index >= 15 is 0 Å². The molecule has 1 saturated heterocycles. The van der Waals surface area contributed by atoms with E-state index < -0.39 is 11.2 Å². The van der Waals surface area contributed by atoms with Crippen molar-refractivity contribution in [2.45, 2.75) is 70.6 Å². The Balaban J connectivity index is 1.26. The van der Waals surface area contributed by atoms with E-state index in [9.17, 15) is 9.35 Å². The first-order valence-corrected chi connectivity index (χ1v) is 18.6. The molecule has 0 saturated carbocycles. The maximum absolute atomic E-state index is 13.4. The van der Waals surface area contributed by atoms with Gasteiger partial charge in [0.05, 0.1) is 6.61 Å². The molecule has 1 aliphatic rings. The number of nitrogens with one attached hydrogen (secondary N) is 1. The molecule has 11 heteroatoms. The molecule has 2 unspecified atom stereocenters. The third-order valence-electron chi connectivity index (χ3n) is 8.47. The summed E-state index contributed by atoms with van der Waals surface area (Å²) >= 11 is -1.28. The van der Waals surface area contributed by atoms with Crippen molar-refractivity contribution in [2.24, 2.45) is 5.92 Å². The highest BCUT2D eigenvalue weighted by Gasteiger charge is 2.23. The number of unbranched alkanes of at least 4 members (excludes halogenated alkanes) is 1. The monoisotopic (exact) mass is 684 g/mol. The molecule has 0 spiro atoms. The second-order valence-electron chi connectivity index (χ2n) is 12.6. The minimum absolute atomic E-state index is 0.215. The van der Waals surface area contributed by atoms with Gasteiger partial charge >= 0.3 is 0 Å². The van der Waals surface area contributed by atoms with Crippen LogP contribution in [-0.2, 0) is 33.0 Å². The summed E-state index contributed by atoms with van der Waals surface area (Å²) in [6.07, 6.45) is 9.72. The van der Waals surface area contributed by atoms with E-state index in [2.05, 4.69) is 47.3 Å². The van der Waals surface area contributed by atoms with Crippen LogP contribution >= 0.6 is 0 Å². The lowest BCUT2D eigenvalue weighted by Crippen LogP contribution is -2.21. The average Bonchev–Trinajstić information content (AvgIpc) is 3.75. The summed E-state index contributed by atoms with van der Waals surface area (Å²) in [7, 11) is 0. The molecule has 3 heterocycles. The van der Waals surface area contributed by atoms with Gasteiger partial charge in [-0.2, -0.15) is 0 Å². The maximum atomic E-state index is 13.4. The van der Waals surface area contributed by atoms with Crippen molar-refractivity contribution in [1.82, 2.24) is 19.7 Å². The number of benzene rings is 2. The van der Waals surface area contributed by atoms with E-state index in [1.54, 1.807) is 30.6 Å². The largest absolute Gasteiger partial charge is 0.611 e. The van der Waals surface area contributed by atoms with Gasteiger partial charge < -0.3 is 28.8 Å². The van der Waals surface area contributed by atoms with Gasteiger partial charge in [0.1, 0.15) is 24.5 Å². The van der Waals surface area contributed by atoms with E-state index in [1.165, 1.54) is 0 Å². The summed E-state index contributed by atoms with van der Waals surface area (Å²) in [5, 5.41) is 11.1. The Labute approximate surface area is 293 Å². The molecule has 10 nitrogen and oxygen atoms in total. The SMILES string of the molecule is CCCCOCCOc1ccc(-c2cnc(N3CCC(C)C3)c(/C=C(\C)C(=O)Nc3ccc([S+]([O-])Cc4nncn4CCC)cc3)c2)cc1. The number of carbonyl (C=O) groups is 1. The number of carbonyl (C=O) groups excluding carboxylic acids is 1. The van der Waals surface area contributed by atoms with Crippen LogP contribution in [0.3, 0.4) is 0 Å². The van der Waals surface area contributed by atoms with Crippen molar-refractivity contribution in [3.8, 4) is 16.9 Å². The molecule has 1 fully saturated rings. The summed E-state index contributed by atoms with van der Waals surface area (Å²) in [6, 6.07) is 17.2. The number of pyridine rings is 1. The number of aromatic nitrogens is 4. The minimum Gasteiger partial charge on any atom is -0.611 e. The Morgan fingerprint density at radius 2 is 1.86 bits per heavy atom. The molecule has 260 valence electrons. The third-order valence-corrected chi connectivity index (χ3v) is 9.79. The molecule has 1 N–H and O–H groups in total. The van der Waals surface area contributed by atoms with Crippen LogP contribution in [0.1, 0.15) is 64.8 Å². The Morgan fingerprint density at radius 1 is 1.06 bits per heavy atom. The van der Waals surface area contributed by atoms with Gasteiger partial charge in [0, 0.05) is 54.8 Å². The van der Waals surface area contributed by atoms with Crippen molar-refractivity contribution >= 4 is 34.7 Å². The Hall–Kier alpha value is -4.19. The number of anilines is 2. The van der Waals surface area contributed by atoms with E-state index in [0.717, 1.165) is 80.2 Å². The number of hydrogen-bond acceptors (Lipinski definition) is 8. The van der Waals surface area contributed by atoms with Crippen molar-refractivity contribution in [3.63, 3.8) is 0 Å². The van der Waals surface area contributed by atoms with Crippen LogP contribution < -0.4 is 15.0 Å². The fourth-order valence-corrected chi connectivity index (χ4v) is 6.74.